The van der Waals surface area contributed by atoms with Crippen LogP contribution in [0.1, 0.15) is 26.5 Å². The SMILES string of the molecule is COC(=O)c1cc(=O)c2cc(NC(=O)c3ccccc3C)ccc2o1. The number of methoxy groups -OCH3 is 1. The van der Waals surface area contributed by atoms with E-state index in [1.54, 1.807) is 18.2 Å². The van der Waals surface area contributed by atoms with Crippen molar-refractivity contribution in [2.24, 2.45) is 0 Å². The summed E-state index contributed by atoms with van der Waals surface area (Å²) >= 11 is 0. The second kappa shape index (κ2) is 6.60. The summed E-state index contributed by atoms with van der Waals surface area (Å²) in [6.07, 6.45) is 0. The number of rotatable bonds is 3. The second-order valence-electron chi connectivity index (χ2n) is 5.45. The van der Waals surface area contributed by atoms with E-state index in [2.05, 4.69) is 10.1 Å². The highest BCUT2D eigenvalue weighted by atomic mass is 16.5. The normalized spacial score (nSPS) is 10.5. The van der Waals surface area contributed by atoms with Gasteiger partial charge in [-0.2, -0.15) is 0 Å². The van der Waals surface area contributed by atoms with Gasteiger partial charge in [0.05, 0.1) is 12.5 Å². The van der Waals surface area contributed by atoms with Crippen LogP contribution in [0.15, 0.2) is 57.7 Å². The number of benzene rings is 2. The molecule has 1 heterocycles. The van der Waals surface area contributed by atoms with Gasteiger partial charge >= 0.3 is 5.97 Å². The van der Waals surface area contributed by atoms with Gasteiger partial charge in [-0.1, -0.05) is 18.2 Å². The van der Waals surface area contributed by atoms with Crippen LogP contribution in [0.2, 0.25) is 0 Å². The van der Waals surface area contributed by atoms with Gasteiger partial charge in [-0.15, -0.1) is 0 Å². The zero-order valence-corrected chi connectivity index (χ0v) is 13.7. The summed E-state index contributed by atoms with van der Waals surface area (Å²) in [4.78, 5) is 36.1. The Morgan fingerprint density at radius 1 is 1.08 bits per heavy atom. The van der Waals surface area contributed by atoms with Crippen LogP contribution in [0.3, 0.4) is 0 Å². The Kier molecular flexibility index (Phi) is 4.35. The molecular formula is C19H15NO5. The van der Waals surface area contributed by atoms with Crippen LogP contribution >= 0.6 is 0 Å². The minimum atomic E-state index is -0.726. The molecule has 0 aliphatic rings. The molecule has 1 amide bonds. The number of fused-ring (bicyclic) bond motifs is 1. The van der Waals surface area contributed by atoms with E-state index in [-0.39, 0.29) is 22.6 Å². The summed E-state index contributed by atoms with van der Waals surface area (Å²) in [7, 11) is 1.21. The van der Waals surface area contributed by atoms with E-state index < -0.39 is 11.4 Å². The molecule has 3 rings (SSSR count). The fraction of sp³-hybridized carbons (Fsp3) is 0.105. The predicted octanol–water partition coefficient (Wildman–Crippen LogP) is 3.14. The van der Waals surface area contributed by atoms with Crippen molar-refractivity contribution in [3.8, 4) is 0 Å². The van der Waals surface area contributed by atoms with E-state index in [1.165, 1.54) is 19.2 Å². The van der Waals surface area contributed by atoms with Crippen molar-refractivity contribution < 1.29 is 18.7 Å². The molecule has 0 radical (unpaired) electrons. The third-order valence-electron chi connectivity index (χ3n) is 3.76. The maximum absolute atomic E-state index is 12.4. The van der Waals surface area contributed by atoms with E-state index >= 15 is 0 Å². The van der Waals surface area contributed by atoms with Gasteiger partial charge in [-0.25, -0.2) is 4.79 Å². The van der Waals surface area contributed by atoms with Crippen molar-refractivity contribution in [2.75, 3.05) is 12.4 Å². The summed E-state index contributed by atoms with van der Waals surface area (Å²) in [5.41, 5.74) is 1.70. The monoisotopic (exact) mass is 337 g/mol. The molecule has 6 nitrogen and oxygen atoms in total. The quantitative estimate of drug-likeness (QED) is 0.742. The Bertz CT molecular complexity index is 1040. The molecule has 6 heteroatoms. The van der Waals surface area contributed by atoms with Gasteiger partial charge in [0, 0.05) is 17.3 Å². The molecule has 1 aromatic heterocycles. The van der Waals surface area contributed by atoms with Crippen LogP contribution in [-0.4, -0.2) is 19.0 Å². The molecule has 0 saturated heterocycles. The number of carbonyl (C=O) groups excluding carboxylic acids is 2. The van der Waals surface area contributed by atoms with E-state index in [0.717, 1.165) is 11.6 Å². The number of amides is 1. The lowest BCUT2D eigenvalue weighted by Crippen LogP contribution is -2.14. The maximum Gasteiger partial charge on any atom is 0.374 e. The first kappa shape index (κ1) is 16.4. The van der Waals surface area contributed by atoms with Gasteiger partial charge in [0.15, 0.2) is 5.43 Å². The summed E-state index contributed by atoms with van der Waals surface area (Å²) in [5, 5.41) is 3.02. The van der Waals surface area contributed by atoms with Gasteiger partial charge in [-0.05, 0) is 36.8 Å². The van der Waals surface area contributed by atoms with Gasteiger partial charge < -0.3 is 14.5 Å². The van der Waals surface area contributed by atoms with Crippen molar-refractivity contribution in [3.05, 3.63) is 75.6 Å². The zero-order chi connectivity index (χ0) is 18.0. The molecule has 0 saturated carbocycles. The lowest BCUT2D eigenvalue weighted by molar-refractivity contribution is 0.0565. The van der Waals surface area contributed by atoms with Crippen LogP contribution in [-0.2, 0) is 4.74 Å². The Balaban J connectivity index is 1.95. The molecule has 0 unspecified atom stereocenters. The average Bonchev–Trinajstić information content (AvgIpc) is 2.61. The predicted molar refractivity (Wildman–Crippen MR) is 93.0 cm³/mol. The molecule has 3 aromatic rings. The Hall–Kier alpha value is -3.41. The number of ether oxygens (including phenoxy) is 1. The highest BCUT2D eigenvalue weighted by Crippen LogP contribution is 2.19. The van der Waals surface area contributed by atoms with Crippen molar-refractivity contribution in [3.63, 3.8) is 0 Å². The van der Waals surface area contributed by atoms with Crippen LogP contribution in [0.25, 0.3) is 11.0 Å². The van der Waals surface area contributed by atoms with Crippen molar-refractivity contribution >= 4 is 28.5 Å². The number of hydrogen-bond donors (Lipinski definition) is 1. The van der Waals surface area contributed by atoms with Crippen molar-refractivity contribution in [1.82, 2.24) is 0 Å². The van der Waals surface area contributed by atoms with Crippen LogP contribution in [0, 0.1) is 6.92 Å². The van der Waals surface area contributed by atoms with E-state index in [9.17, 15) is 14.4 Å². The summed E-state index contributed by atoms with van der Waals surface area (Å²) in [6, 6.07) is 12.9. The molecule has 0 fully saturated rings. The van der Waals surface area contributed by atoms with Crippen molar-refractivity contribution in [1.29, 1.82) is 0 Å². The van der Waals surface area contributed by atoms with Gasteiger partial charge in [-0.3, -0.25) is 9.59 Å². The van der Waals surface area contributed by atoms with E-state index in [0.29, 0.717) is 11.3 Å². The minimum absolute atomic E-state index is 0.170. The number of aryl methyl sites for hydroxylation is 1. The molecule has 0 atom stereocenters. The third kappa shape index (κ3) is 3.28. The van der Waals surface area contributed by atoms with Crippen LogP contribution < -0.4 is 10.7 Å². The van der Waals surface area contributed by atoms with Crippen molar-refractivity contribution in [2.45, 2.75) is 6.92 Å². The average molecular weight is 337 g/mol. The first-order chi connectivity index (χ1) is 12.0. The number of hydrogen-bond acceptors (Lipinski definition) is 5. The molecule has 25 heavy (non-hydrogen) atoms. The number of anilines is 1. The molecule has 0 spiro atoms. The molecule has 0 aliphatic heterocycles. The highest BCUT2D eigenvalue weighted by molar-refractivity contribution is 6.06. The topological polar surface area (TPSA) is 85.6 Å². The fourth-order valence-electron chi connectivity index (χ4n) is 2.46. The van der Waals surface area contributed by atoms with E-state index in [1.807, 2.05) is 19.1 Å². The Morgan fingerprint density at radius 2 is 1.84 bits per heavy atom. The zero-order valence-electron chi connectivity index (χ0n) is 13.7. The van der Waals surface area contributed by atoms with Gasteiger partial charge in [0.25, 0.3) is 5.91 Å². The number of esters is 1. The van der Waals surface area contributed by atoms with Crippen LogP contribution in [0.5, 0.6) is 0 Å². The molecule has 1 N–H and O–H groups in total. The second-order valence-corrected chi connectivity index (χ2v) is 5.45. The van der Waals surface area contributed by atoms with E-state index in [4.69, 9.17) is 4.42 Å². The molecule has 2 aromatic carbocycles. The smallest absolute Gasteiger partial charge is 0.374 e. The molecular weight excluding hydrogens is 322 g/mol. The first-order valence-corrected chi connectivity index (χ1v) is 7.53. The number of nitrogens with one attached hydrogen (secondary N) is 1. The molecule has 126 valence electrons. The Labute approximate surface area is 143 Å². The summed E-state index contributed by atoms with van der Waals surface area (Å²) in [5.74, 6) is -1.17. The molecule has 0 aliphatic carbocycles. The highest BCUT2D eigenvalue weighted by Gasteiger charge is 2.14. The van der Waals surface area contributed by atoms with Crippen LogP contribution in [0.4, 0.5) is 5.69 Å². The lowest BCUT2D eigenvalue weighted by atomic mass is 10.1. The van der Waals surface area contributed by atoms with Gasteiger partial charge in [0.2, 0.25) is 5.76 Å². The fourth-order valence-corrected chi connectivity index (χ4v) is 2.46. The summed E-state index contributed by atoms with van der Waals surface area (Å²) < 4.78 is 9.92. The third-order valence-corrected chi connectivity index (χ3v) is 3.76. The Morgan fingerprint density at radius 3 is 2.56 bits per heavy atom. The lowest BCUT2D eigenvalue weighted by Gasteiger charge is -2.08. The largest absolute Gasteiger partial charge is 0.463 e. The minimum Gasteiger partial charge on any atom is -0.463 e. The summed E-state index contributed by atoms with van der Waals surface area (Å²) in [6.45, 7) is 1.85. The maximum atomic E-state index is 12.4. The molecule has 0 bridgehead atoms. The number of carbonyl (C=O) groups is 2. The van der Waals surface area contributed by atoms with Gasteiger partial charge in [0.1, 0.15) is 5.58 Å². The first-order valence-electron chi connectivity index (χ1n) is 7.53. The standard InChI is InChI=1S/C19H15NO5/c1-11-5-3-4-6-13(11)18(22)20-12-7-8-16-14(9-12)15(21)10-17(25-16)19(23)24-2/h3-10H,1-2H3,(H,20,22).